The molecule has 0 atom stereocenters. The van der Waals surface area contributed by atoms with E-state index in [4.69, 9.17) is 11.6 Å². The third-order valence-electron chi connectivity index (χ3n) is 1.84. The normalized spacial score (nSPS) is 10.0. The first-order valence-corrected chi connectivity index (χ1v) is 5.55. The number of nitrogens with zero attached hydrogens (tertiary/aromatic N) is 1. The number of rotatable bonds is 2. The van der Waals surface area contributed by atoms with Crippen molar-refractivity contribution in [1.82, 2.24) is 4.98 Å². The van der Waals surface area contributed by atoms with E-state index in [1.807, 2.05) is 36.4 Å². The summed E-state index contributed by atoms with van der Waals surface area (Å²) >= 11 is 9.12. The lowest BCUT2D eigenvalue weighted by atomic mass is 10.3. The van der Waals surface area contributed by atoms with Crippen LogP contribution in [-0.2, 0) is 0 Å². The Kier molecular flexibility index (Phi) is 3.23. The fourth-order valence-electron chi connectivity index (χ4n) is 1.13. The van der Waals surface area contributed by atoms with Crippen LogP contribution in [-0.4, -0.2) is 4.98 Å². The predicted octanol–water partition coefficient (Wildman–Crippen LogP) is 4.24. The molecule has 0 saturated carbocycles. The fourth-order valence-corrected chi connectivity index (χ4v) is 1.49. The Morgan fingerprint density at radius 3 is 2.40 bits per heavy atom. The summed E-state index contributed by atoms with van der Waals surface area (Å²) in [5, 5.41) is 3.89. The van der Waals surface area contributed by atoms with Gasteiger partial charge in [0, 0.05) is 21.4 Å². The summed E-state index contributed by atoms with van der Waals surface area (Å²) in [5.41, 5.74) is 0.967. The minimum atomic E-state index is 0.726. The highest BCUT2D eigenvalue weighted by Gasteiger charge is 1.95. The Labute approximate surface area is 101 Å². The van der Waals surface area contributed by atoms with Gasteiger partial charge in [0.05, 0.1) is 0 Å². The van der Waals surface area contributed by atoms with E-state index in [-0.39, 0.29) is 0 Å². The lowest BCUT2D eigenvalue weighted by Gasteiger charge is -2.04. The smallest absolute Gasteiger partial charge is 0.130 e. The van der Waals surface area contributed by atoms with Crippen LogP contribution in [0.1, 0.15) is 0 Å². The number of aromatic nitrogens is 1. The van der Waals surface area contributed by atoms with Crippen molar-refractivity contribution in [2.45, 2.75) is 0 Å². The van der Waals surface area contributed by atoms with E-state index in [1.54, 1.807) is 6.20 Å². The summed E-state index contributed by atoms with van der Waals surface area (Å²) in [4.78, 5) is 4.21. The molecule has 2 rings (SSSR count). The molecule has 0 fully saturated rings. The molecule has 15 heavy (non-hydrogen) atoms. The first-order valence-electron chi connectivity index (χ1n) is 4.38. The number of anilines is 2. The SMILES string of the molecule is Clc1ccc(N[13c]2ccc(Br)cn2)cc1. The minimum Gasteiger partial charge on any atom is -0.340 e. The molecule has 0 amide bonds. The van der Waals surface area contributed by atoms with E-state index < -0.39 is 0 Å². The molecule has 76 valence electrons. The largest absolute Gasteiger partial charge is 0.340 e. The molecule has 2 nitrogen and oxygen atoms in total. The lowest BCUT2D eigenvalue weighted by molar-refractivity contribution is 1.29. The van der Waals surface area contributed by atoms with Crippen LogP contribution in [0.25, 0.3) is 0 Å². The molecule has 1 heterocycles. The van der Waals surface area contributed by atoms with Crippen molar-refractivity contribution in [2.75, 3.05) is 5.32 Å². The number of hydrogen-bond donors (Lipinski definition) is 1. The van der Waals surface area contributed by atoms with Crippen LogP contribution in [0.15, 0.2) is 47.1 Å². The molecule has 4 heteroatoms. The summed E-state index contributed by atoms with van der Waals surface area (Å²) in [7, 11) is 0. The van der Waals surface area contributed by atoms with Gasteiger partial charge in [0.2, 0.25) is 0 Å². The van der Waals surface area contributed by atoms with Gasteiger partial charge in [-0.05, 0) is 52.3 Å². The second-order valence-corrected chi connectivity index (χ2v) is 4.35. The van der Waals surface area contributed by atoms with Gasteiger partial charge < -0.3 is 5.32 Å². The average Bonchev–Trinajstić information content (AvgIpc) is 2.25. The van der Waals surface area contributed by atoms with Crippen LogP contribution in [0.4, 0.5) is 11.5 Å². The number of benzene rings is 1. The van der Waals surface area contributed by atoms with Crippen molar-refractivity contribution >= 4 is 39.0 Å². The Morgan fingerprint density at radius 1 is 1.07 bits per heavy atom. The number of nitrogens with one attached hydrogen (secondary N) is 1. The third kappa shape index (κ3) is 2.94. The van der Waals surface area contributed by atoms with Crippen LogP contribution in [0, 0.1) is 0 Å². The predicted molar refractivity (Wildman–Crippen MR) is 66.7 cm³/mol. The first-order chi connectivity index (χ1) is 7.24. The second-order valence-electron chi connectivity index (χ2n) is 2.99. The second kappa shape index (κ2) is 4.64. The zero-order valence-electron chi connectivity index (χ0n) is 7.74. The van der Waals surface area contributed by atoms with Crippen molar-refractivity contribution in [3.8, 4) is 0 Å². The Hall–Kier alpha value is -1.06. The highest BCUT2D eigenvalue weighted by Crippen LogP contribution is 2.18. The molecule has 1 aromatic carbocycles. The van der Waals surface area contributed by atoms with Gasteiger partial charge in [-0.25, -0.2) is 4.98 Å². The molecule has 2 aromatic rings. The van der Waals surface area contributed by atoms with Crippen LogP contribution >= 0.6 is 27.5 Å². The maximum atomic E-state index is 5.79. The van der Waals surface area contributed by atoms with E-state index in [2.05, 4.69) is 26.2 Å². The average molecular weight is 285 g/mol. The Balaban J connectivity index is 2.15. The van der Waals surface area contributed by atoms with Gasteiger partial charge in [-0.15, -0.1) is 0 Å². The number of halogens is 2. The highest BCUT2D eigenvalue weighted by atomic mass is 79.9. The molecule has 0 unspecified atom stereocenters. The van der Waals surface area contributed by atoms with E-state index in [1.165, 1.54) is 0 Å². The summed E-state index contributed by atoms with van der Waals surface area (Å²) in [5.74, 6) is 0.806. The number of hydrogen-bond acceptors (Lipinski definition) is 2. The zero-order chi connectivity index (χ0) is 10.7. The van der Waals surface area contributed by atoms with Gasteiger partial charge in [-0.2, -0.15) is 0 Å². The molecule has 0 bridgehead atoms. The van der Waals surface area contributed by atoms with Crippen molar-refractivity contribution in [3.63, 3.8) is 0 Å². The van der Waals surface area contributed by atoms with Crippen molar-refractivity contribution in [1.29, 1.82) is 0 Å². The standard InChI is InChI=1S/C11H8BrClN2/c12-8-1-6-11(14-7-8)15-10-4-2-9(13)3-5-10/h1-7H,(H,14,15)/i11+1. The van der Waals surface area contributed by atoms with Gasteiger partial charge in [0.25, 0.3) is 0 Å². The van der Waals surface area contributed by atoms with Crippen molar-refractivity contribution < 1.29 is 0 Å². The monoisotopic (exact) mass is 283 g/mol. The van der Waals surface area contributed by atoms with Crippen LogP contribution in [0.2, 0.25) is 5.02 Å². The molecule has 1 N–H and O–H groups in total. The molecular weight excluding hydrogens is 276 g/mol. The molecule has 0 aliphatic heterocycles. The molecular formula is C11H8BrClN2. The molecule has 0 spiro atoms. The van der Waals surface area contributed by atoms with E-state index in [0.29, 0.717) is 0 Å². The Bertz CT molecular complexity index is 396. The maximum Gasteiger partial charge on any atom is 0.130 e. The lowest BCUT2D eigenvalue weighted by Crippen LogP contribution is -1.92. The van der Waals surface area contributed by atoms with Crippen LogP contribution < -0.4 is 5.32 Å². The molecule has 0 aliphatic rings. The van der Waals surface area contributed by atoms with E-state index >= 15 is 0 Å². The fraction of sp³-hybridized carbons (Fsp3) is 0. The van der Waals surface area contributed by atoms with Gasteiger partial charge in [0.1, 0.15) is 5.82 Å². The molecule has 0 aliphatic carbocycles. The minimum absolute atomic E-state index is 0.726. The topological polar surface area (TPSA) is 24.9 Å². The van der Waals surface area contributed by atoms with Gasteiger partial charge in [-0.1, -0.05) is 11.6 Å². The van der Waals surface area contributed by atoms with Crippen LogP contribution in [0.3, 0.4) is 0 Å². The van der Waals surface area contributed by atoms with Gasteiger partial charge in [-0.3, -0.25) is 0 Å². The van der Waals surface area contributed by atoms with Crippen molar-refractivity contribution in [2.24, 2.45) is 0 Å². The zero-order valence-corrected chi connectivity index (χ0v) is 10.1. The number of pyridine rings is 1. The summed E-state index contributed by atoms with van der Waals surface area (Å²) in [6, 6.07) is 11.3. The van der Waals surface area contributed by atoms with E-state index in [9.17, 15) is 0 Å². The highest BCUT2D eigenvalue weighted by molar-refractivity contribution is 9.10. The van der Waals surface area contributed by atoms with Crippen LogP contribution in [0.5, 0.6) is 0 Å². The first kappa shape index (κ1) is 10.5. The molecule has 0 saturated heterocycles. The molecule has 1 aromatic heterocycles. The Morgan fingerprint density at radius 2 is 1.80 bits per heavy atom. The summed E-state index contributed by atoms with van der Waals surface area (Å²) in [6.07, 6.45) is 1.75. The molecule has 0 radical (unpaired) electrons. The summed E-state index contributed by atoms with van der Waals surface area (Å²) in [6.45, 7) is 0. The maximum absolute atomic E-state index is 5.79. The third-order valence-corrected chi connectivity index (χ3v) is 2.57. The van der Waals surface area contributed by atoms with Crippen molar-refractivity contribution in [3.05, 3.63) is 52.1 Å². The summed E-state index contributed by atoms with van der Waals surface area (Å²) < 4.78 is 0.962. The van der Waals surface area contributed by atoms with Gasteiger partial charge >= 0.3 is 0 Å². The van der Waals surface area contributed by atoms with E-state index in [0.717, 1.165) is 21.0 Å². The quantitative estimate of drug-likeness (QED) is 0.892. The van der Waals surface area contributed by atoms with Gasteiger partial charge in [0.15, 0.2) is 0 Å².